The zero-order valence-corrected chi connectivity index (χ0v) is 14.0. The highest BCUT2D eigenvalue weighted by Gasteiger charge is 2.62. The van der Waals surface area contributed by atoms with Crippen LogP contribution in [0.2, 0.25) is 0 Å². The van der Waals surface area contributed by atoms with Crippen molar-refractivity contribution in [2.75, 3.05) is 7.11 Å². The highest BCUT2D eigenvalue weighted by Crippen LogP contribution is 2.75. The second-order valence-corrected chi connectivity index (χ2v) is 7.21. The van der Waals surface area contributed by atoms with Gasteiger partial charge in [0.05, 0.1) is 11.7 Å². The quantitative estimate of drug-likeness (QED) is 0.738. The van der Waals surface area contributed by atoms with Gasteiger partial charge in [-0.15, -0.1) is 0 Å². The van der Waals surface area contributed by atoms with E-state index >= 15 is 0 Å². The van der Waals surface area contributed by atoms with Crippen molar-refractivity contribution in [3.05, 3.63) is 47.5 Å². The molecule has 0 amide bonds. The van der Waals surface area contributed by atoms with Crippen LogP contribution in [0.1, 0.15) is 42.3 Å². The molecule has 2 heterocycles. The fourth-order valence-corrected chi connectivity index (χ4v) is 3.88. The molecule has 0 N–H and O–H groups in total. The SMILES string of the molecule is COCc1nc(C)cc(-n2ncc3ccc(C4CC45CC5)cc32)n1. The van der Waals surface area contributed by atoms with E-state index in [1.807, 2.05) is 23.9 Å². The van der Waals surface area contributed by atoms with E-state index in [1.54, 1.807) is 7.11 Å². The van der Waals surface area contributed by atoms with Crippen LogP contribution in [0.4, 0.5) is 0 Å². The smallest absolute Gasteiger partial charge is 0.158 e. The predicted molar refractivity (Wildman–Crippen MR) is 91.1 cm³/mol. The normalized spacial score (nSPS) is 20.7. The van der Waals surface area contributed by atoms with Crippen LogP contribution in [-0.2, 0) is 11.3 Å². The third kappa shape index (κ3) is 2.15. The van der Waals surface area contributed by atoms with Crippen molar-refractivity contribution in [3.8, 4) is 5.82 Å². The van der Waals surface area contributed by atoms with Crippen LogP contribution < -0.4 is 0 Å². The Bertz CT molecular complexity index is 942. The van der Waals surface area contributed by atoms with Crippen LogP contribution in [0.15, 0.2) is 30.5 Å². The maximum Gasteiger partial charge on any atom is 0.158 e. The summed E-state index contributed by atoms with van der Waals surface area (Å²) in [7, 11) is 1.66. The third-order valence-corrected chi connectivity index (χ3v) is 5.46. The Morgan fingerprint density at radius 1 is 1.25 bits per heavy atom. The molecule has 3 aromatic rings. The summed E-state index contributed by atoms with van der Waals surface area (Å²) in [4.78, 5) is 9.03. The van der Waals surface area contributed by atoms with Crippen molar-refractivity contribution in [2.24, 2.45) is 5.41 Å². The largest absolute Gasteiger partial charge is 0.377 e. The van der Waals surface area contributed by atoms with Crippen LogP contribution in [0.3, 0.4) is 0 Å². The van der Waals surface area contributed by atoms with Gasteiger partial charge in [0, 0.05) is 24.3 Å². The lowest BCUT2D eigenvalue weighted by molar-refractivity contribution is 0.177. The average Bonchev–Trinajstić information content (AvgIpc) is 3.46. The maximum absolute atomic E-state index is 5.18. The predicted octanol–water partition coefficient (Wildman–Crippen LogP) is 3.54. The van der Waals surface area contributed by atoms with Gasteiger partial charge < -0.3 is 4.74 Å². The van der Waals surface area contributed by atoms with E-state index < -0.39 is 0 Å². The molecule has 0 aliphatic heterocycles. The number of rotatable bonds is 4. The van der Waals surface area contributed by atoms with Gasteiger partial charge in [0.15, 0.2) is 11.6 Å². The van der Waals surface area contributed by atoms with E-state index in [9.17, 15) is 0 Å². The molecule has 2 aliphatic carbocycles. The summed E-state index contributed by atoms with van der Waals surface area (Å²) in [5.74, 6) is 2.24. The van der Waals surface area contributed by atoms with Crippen LogP contribution in [0.5, 0.6) is 0 Å². The Kier molecular flexibility index (Phi) is 2.86. The van der Waals surface area contributed by atoms with Crippen molar-refractivity contribution >= 4 is 10.9 Å². The molecule has 1 unspecified atom stereocenters. The molecule has 1 atom stereocenters. The summed E-state index contributed by atoms with van der Waals surface area (Å²) in [5.41, 5.74) is 4.16. The molecule has 122 valence electrons. The minimum atomic E-state index is 0.406. The Hall–Kier alpha value is -2.27. The topological polar surface area (TPSA) is 52.8 Å². The standard InChI is InChI=1S/C19H20N4O/c1-12-7-18(22-17(21-12)11-24-2)23-16-8-13(3-4-14(16)10-20-23)15-9-19(15)5-6-19/h3-4,7-8,10,15H,5-6,9,11H2,1-2H3. The molecular weight excluding hydrogens is 300 g/mol. The van der Waals surface area contributed by atoms with Crippen molar-refractivity contribution in [1.82, 2.24) is 19.7 Å². The number of benzene rings is 1. The molecule has 2 aliphatic rings. The highest BCUT2D eigenvalue weighted by atomic mass is 16.5. The number of aromatic nitrogens is 4. The summed E-state index contributed by atoms with van der Waals surface area (Å²) in [5, 5.41) is 5.71. The van der Waals surface area contributed by atoms with Gasteiger partial charge >= 0.3 is 0 Å². The summed E-state index contributed by atoms with van der Waals surface area (Å²) < 4.78 is 7.10. The molecule has 2 aromatic heterocycles. The van der Waals surface area contributed by atoms with Gasteiger partial charge in [0.1, 0.15) is 6.61 Å². The molecule has 5 nitrogen and oxygen atoms in total. The highest BCUT2D eigenvalue weighted by molar-refractivity contribution is 5.81. The number of hydrogen-bond acceptors (Lipinski definition) is 4. The number of aryl methyl sites for hydroxylation is 1. The van der Waals surface area contributed by atoms with Gasteiger partial charge in [0.25, 0.3) is 0 Å². The zero-order chi connectivity index (χ0) is 16.3. The van der Waals surface area contributed by atoms with Gasteiger partial charge in [-0.3, -0.25) is 0 Å². The summed E-state index contributed by atoms with van der Waals surface area (Å²) in [6.07, 6.45) is 6.07. The summed E-state index contributed by atoms with van der Waals surface area (Å²) in [6.45, 7) is 2.38. The lowest BCUT2D eigenvalue weighted by Gasteiger charge is -2.07. The minimum Gasteiger partial charge on any atom is -0.377 e. The molecule has 1 aromatic carbocycles. The van der Waals surface area contributed by atoms with E-state index in [1.165, 1.54) is 24.8 Å². The third-order valence-electron chi connectivity index (χ3n) is 5.46. The van der Waals surface area contributed by atoms with Crippen molar-refractivity contribution in [1.29, 1.82) is 0 Å². The zero-order valence-electron chi connectivity index (χ0n) is 14.0. The second-order valence-electron chi connectivity index (χ2n) is 7.21. The van der Waals surface area contributed by atoms with Gasteiger partial charge in [-0.1, -0.05) is 12.1 Å². The Labute approximate surface area is 140 Å². The Morgan fingerprint density at radius 2 is 2.12 bits per heavy atom. The minimum absolute atomic E-state index is 0.406. The molecule has 5 rings (SSSR count). The Balaban J connectivity index is 1.60. The van der Waals surface area contributed by atoms with Crippen molar-refractivity contribution in [2.45, 2.75) is 38.7 Å². The molecule has 2 saturated carbocycles. The number of ether oxygens (including phenoxy) is 1. The average molecular weight is 320 g/mol. The van der Waals surface area contributed by atoms with E-state index in [0.29, 0.717) is 17.8 Å². The van der Waals surface area contributed by atoms with Gasteiger partial charge in [0.2, 0.25) is 0 Å². The number of methoxy groups -OCH3 is 1. The van der Waals surface area contributed by atoms with Crippen LogP contribution in [0.25, 0.3) is 16.7 Å². The number of nitrogens with zero attached hydrogens (tertiary/aromatic N) is 4. The van der Waals surface area contributed by atoms with Gasteiger partial charge in [-0.05, 0) is 49.1 Å². The first-order chi connectivity index (χ1) is 11.7. The first-order valence-electron chi connectivity index (χ1n) is 8.50. The molecule has 2 fully saturated rings. The monoisotopic (exact) mass is 320 g/mol. The van der Waals surface area contributed by atoms with Gasteiger partial charge in [-0.2, -0.15) is 5.10 Å². The molecule has 1 spiro atoms. The van der Waals surface area contributed by atoms with E-state index in [4.69, 9.17) is 4.74 Å². The van der Waals surface area contributed by atoms with Crippen LogP contribution >= 0.6 is 0 Å². The molecule has 24 heavy (non-hydrogen) atoms. The molecule has 0 radical (unpaired) electrons. The summed E-state index contributed by atoms with van der Waals surface area (Å²) in [6, 6.07) is 8.73. The second kappa shape index (κ2) is 4.86. The first kappa shape index (κ1) is 14.1. The number of hydrogen-bond donors (Lipinski definition) is 0. The maximum atomic E-state index is 5.18. The molecule has 5 heteroatoms. The fourth-order valence-electron chi connectivity index (χ4n) is 3.88. The van der Waals surface area contributed by atoms with E-state index in [0.717, 1.165) is 28.3 Å². The molecule has 0 saturated heterocycles. The fraction of sp³-hybridized carbons (Fsp3) is 0.421. The van der Waals surface area contributed by atoms with Crippen molar-refractivity contribution in [3.63, 3.8) is 0 Å². The molecular formula is C19H20N4O. The Morgan fingerprint density at radius 3 is 2.88 bits per heavy atom. The lowest BCUT2D eigenvalue weighted by Crippen LogP contribution is -2.06. The van der Waals surface area contributed by atoms with Gasteiger partial charge in [-0.25, -0.2) is 14.6 Å². The van der Waals surface area contributed by atoms with Crippen LogP contribution in [0, 0.1) is 12.3 Å². The van der Waals surface area contributed by atoms with E-state index in [2.05, 4.69) is 33.3 Å². The van der Waals surface area contributed by atoms with Crippen molar-refractivity contribution < 1.29 is 4.74 Å². The first-order valence-corrected chi connectivity index (χ1v) is 8.50. The molecule has 0 bridgehead atoms. The van der Waals surface area contributed by atoms with Crippen LogP contribution in [-0.4, -0.2) is 26.9 Å². The summed E-state index contributed by atoms with van der Waals surface area (Å²) >= 11 is 0. The lowest BCUT2D eigenvalue weighted by atomic mass is 10.1. The number of fused-ring (bicyclic) bond motifs is 1. The van der Waals surface area contributed by atoms with E-state index in [-0.39, 0.29) is 0 Å².